The Hall–Kier alpha value is -2.76. The quantitative estimate of drug-likeness (QED) is 0.394. The molecule has 1 aliphatic rings. The van der Waals surface area contributed by atoms with E-state index in [2.05, 4.69) is 5.32 Å². The minimum atomic E-state index is -3.97. The van der Waals surface area contributed by atoms with Crippen LogP contribution in [0.5, 0.6) is 0 Å². The minimum Gasteiger partial charge on any atom is -0.351 e. The van der Waals surface area contributed by atoms with Crippen molar-refractivity contribution in [2.45, 2.75) is 42.6 Å². The molecule has 38 heavy (non-hydrogen) atoms. The molecule has 1 saturated heterocycles. The van der Waals surface area contributed by atoms with Crippen molar-refractivity contribution in [1.82, 2.24) is 13.9 Å². The largest absolute Gasteiger partial charge is 0.351 e. The lowest BCUT2D eigenvalue weighted by atomic mass is 10.2. The Balaban J connectivity index is 1.45. The Labute approximate surface area is 229 Å². The van der Waals surface area contributed by atoms with Gasteiger partial charge in [-0.15, -0.1) is 0 Å². The summed E-state index contributed by atoms with van der Waals surface area (Å²) in [7, 11) is -7.48. The van der Waals surface area contributed by atoms with Crippen molar-refractivity contribution >= 4 is 37.6 Å². The average molecular weight is 576 g/mol. The average Bonchev–Trinajstić information content (AvgIpc) is 3.45. The number of nitrogens with one attached hydrogen (secondary N) is 1. The number of benzene rings is 3. The van der Waals surface area contributed by atoms with Crippen LogP contribution in [0.1, 0.15) is 29.5 Å². The van der Waals surface area contributed by atoms with E-state index in [0.29, 0.717) is 29.2 Å². The molecule has 1 N–H and O–H groups in total. The van der Waals surface area contributed by atoms with Crippen LogP contribution in [0.3, 0.4) is 0 Å². The van der Waals surface area contributed by atoms with E-state index in [9.17, 15) is 21.6 Å². The molecule has 0 saturated carbocycles. The highest BCUT2D eigenvalue weighted by Crippen LogP contribution is 2.22. The highest BCUT2D eigenvalue weighted by molar-refractivity contribution is 7.89. The van der Waals surface area contributed by atoms with E-state index in [1.54, 1.807) is 48.5 Å². The maximum absolute atomic E-state index is 13.4. The number of hydrogen-bond donors (Lipinski definition) is 1. The first-order valence-corrected chi connectivity index (χ1v) is 15.5. The van der Waals surface area contributed by atoms with Crippen molar-refractivity contribution in [3.8, 4) is 0 Å². The van der Waals surface area contributed by atoms with Gasteiger partial charge in [0.15, 0.2) is 0 Å². The monoisotopic (exact) mass is 575 g/mol. The van der Waals surface area contributed by atoms with Crippen LogP contribution in [-0.2, 0) is 37.9 Å². The predicted octanol–water partition coefficient (Wildman–Crippen LogP) is 3.94. The number of aryl methyl sites for hydroxylation is 1. The molecule has 0 unspecified atom stereocenters. The molecule has 0 bridgehead atoms. The van der Waals surface area contributed by atoms with Gasteiger partial charge in [0.25, 0.3) is 0 Å². The van der Waals surface area contributed by atoms with Gasteiger partial charge in [-0.2, -0.15) is 8.61 Å². The molecule has 0 spiro atoms. The molecular formula is C27H30ClN3O5S2. The first-order chi connectivity index (χ1) is 18.1. The number of halogens is 1. The number of rotatable bonds is 10. The molecule has 0 aliphatic carbocycles. The Morgan fingerprint density at radius 1 is 0.842 bits per heavy atom. The van der Waals surface area contributed by atoms with Crippen LogP contribution in [0, 0.1) is 6.92 Å². The summed E-state index contributed by atoms with van der Waals surface area (Å²) in [6.07, 6.45) is 1.72. The highest BCUT2D eigenvalue weighted by atomic mass is 35.5. The lowest BCUT2D eigenvalue weighted by Gasteiger charge is -2.22. The summed E-state index contributed by atoms with van der Waals surface area (Å²) in [6, 6.07) is 19.6. The summed E-state index contributed by atoms with van der Waals surface area (Å²) in [4.78, 5) is 13.2. The van der Waals surface area contributed by atoms with Gasteiger partial charge in [-0.1, -0.05) is 53.6 Å². The standard InChI is InChI=1S/C27H30ClN3O5S2/c1-21-4-12-25(13-5-21)38(35,36)31(19-23-6-10-24(28)11-7-23)20-27(32)29-18-22-8-14-26(15-9-22)37(33,34)30-16-2-3-17-30/h4-15H,2-3,16-20H2,1H3,(H,29,32). The van der Waals surface area contributed by atoms with E-state index >= 15 is 0 Å². The zero-order valence-corrected chi connectivity index (χ0v) is 23.4. The Bertz CT molecular complexity index is 1470. The van der Waals surface area contributed by atoms with Gasteiger partial charge in [-0.25, -0.2) is 16.8 Å². The van der Waals surface area contributed by atoms with Crippen LogP contribution in [0.25, 0.3) is 0 Å². The third-order valence-corrected chi connectivity index (χ3v) is 10.3. The van der Waals surface area contributed by atoms with Gasteiger partial charge in [-0.3, -0.25) is 4.79 Å². The fourth-order valence-corrected chi connectivity index (χ4v) is 7.18. The summed E-state index contributed by atoms with van der Waals surface area (Å²) in [6.45, 7) is 2.65. The molecule has 4 rings (SSSR count). The van der Waals surface area contributed by atoms with Crippen molar-refractivity contribution in [3.63, 3.8) is 0 Å². The van der Waals surface area contributed by atoms with E-state index in [4.69, 9.17) is 11.6 Å². The molecule has 8 nitrogen and oxygen atoms in total. The molecule has 3 aromatic carbocycles. The number of hydrogen-bond acceptors (Lipinski definition) is 5. The first-order valence-electron chi connectivity index (χ1n) is 12.2. The second-order valence-corrected chi connectivity index (χ2v) is 13.6. The summed E-state index contributed by atoms with van der Waals surface area (Å²) in [5.41, 5.74) is 2.31. The van der Waals surface area contributed by atoms with Gasteiger partial charge in [0.1, 0.15) is 0 Å². The fourth-order valence-electron chi connectivity index (χ4n) is 4.15. The number of amides is 1. The molecule has 1 aliphatic heterocycles. The third kappa shape index (κ3) is 6.81. The molecule has 3 aromatic rings. The van der Waals surface area contributed by atoms with E-state index in [0.717, 1.165) is 22.7 Å². The van der Waals surface area contributed by atoms with Crippen molar-refractivity contribution in [3.05, 3.63) is 94.5 Å². The summed E-state index contributed by atoms with van der Waals surface area (Å²) in [5.74, 6) is -0.483. The maximum atomic E-state index is 13.4. The molecule has 0 radical (unpaired) electrons. The third-order valence-electron chi connectivity index (χ3n) is 6.37. The number of sulfonamides is 2. The van der Waals surface area contributed by atoms with E-state index in [1.807, 2.05) is 6.92 Å². The maximum Gasteiger partial charge on any atom is 0.243 e. The van der Waals surface area contributed by atoms with Crippen LogP contribution in [-0.4, -0.2) is 51.0 Å². The zero-order chi connectivity index (χ0) is 27.3. The lowest BCUT2D eigenvalue weighted by molar-refractivity contribution is -0.121. The van der Waals surface area contributed by atoms with Crippen molar-refractivity contribution < 1.29 is 21.6 Å². The first kappa shape index (κ1) is 28.3. The molecule has 1 fully saturated rings. The van der Waals surface area contributed by atoms with Gasteiger partial charge in [0.05, 0.1) is 16.3 Å². The minimum absolute atomic E-state index is 0.0101. The van der Waals surface area contributed by atoms with Crippen LogP contribution >= 0.6 is 11.6 Å². The predicted molar refractivity (Wildman–Crippen MR) is 147 cm³/mol. The van der Waals surface area contributed by atoms with Crippen LogP contribution in [0.15, 0.2) is 82.6 Å². The van der Waals surface area contributed by atoms with Crippen LogP contribution in [0.2, 0.25) is 5.02 Å². The smallest absolute Gasteiger partial charge is 0.243 e. The zero-order valence-electron chi connectivity index (χ0n) is 21.0. The summed E-state index contributed by atoms with van der Waals surface area (Å²) >= 11 is 5.97. The second kappa shape index (κ2) is 12.0. The van der Waals surface area contributed by atoms with Crippen molar-refractivity contribution in [2.75, 3.05) is 19.6 Å². The molecule has 0 atom stereocenters. The molecule has 1 heterocycles. The molecule has 1 amide bonds. The van der Waals surface area contributed by atoms with Crippen LogP contribution in [0.4, 0.5) is 0 Å². The van der Waals surface area contributed by atoms with E-state index in [1.165, 1.54) is 28.6 Å². The van der Waals surface area contributed by atoms with Gasteiger partial charge in [0, 0.05) is 31.2 Å². The Morgan fingerprint density at radius 3 is 2.00 bits per heavy atom. The van der Waals surface area contributed by atoms with Crippen molar-refractivity contribution in [1.29, 1.82) is 0 Å². The normalized spacial score (nSPS) is 14.6. The Morgan fingerprint density at radius 2 is 1.39 bits per heavy atom. The van der Waals surface area contributed by atoms with Gasteiger partial charge < -0.3 is 5.32 Å². The van der Waals surface area contributed by atoms with Gasteiger partial charge in [-0.05, 0) is 67.3 Å². The number of nitrogens with zero attached hydrogens (tertiary/aromatic N) is 2. The number of carbonyl (C=O) groups excluding carboxylic acids is 1. The molecule has 202 valence electrons. The van der Waals surface area contributed by atoms with E-state index < -0.39 is 26.0 Å². The van der Waals surface area contributed by atoms with Gasteiger partial charge in [0.2, 0.25) is 26.0 Å². The second-order valence-electron chi connectivity index (χ2n) is 9.24. The fraction of sp³-hybridized carbons (Fsp3) is 0.296. The lowest BCUT2D eigenvalue weighted by Crippen LogP contribution is -2.40. The topological polar surface area (TPSA) is 104 Å². The Kier molecular flexibility index (Phi) is 8.89. The molecular weight excluding hydrogens is 546 g/mol. The highest BCUT2D eigenvalue weighted by Gasteiger charge is 2.28. The SMILES string of the molecule is Cc1ccc(S(=O)(=O)N(CC(=O)NCc2ccc(S(=O)(=O)N3CCCC3)cc2)Cc2ccc(Cl)cc2)cc1. The summed E-state index contributed by atoms with van der Waals surface area (Å²) < 4.78 is 54.9. The van der Waals surface area contributed by atoms with E-state index in [-0.39, 0.29) is 29.4 Å². The molecule has 11 heteroatoms. The summed E-state index contributed by atoms with van der Waals surface area (Å²) in [5, 5.41) is 3.27. The molecule has 0 aromatic heterocycles. The van der Waals surface area contributed by atoms with Crippen LogP contribution < -0.4 is 5.32 Å². The number of carbonyl (C=O) groups is 1. The van der Waals surface area contributed by atoms with Crippen molar-refractivity contribution in [2.24, 2.45) is 0 Å². The van der Waals surface area contributed by atoms with Gasteiger partial charge >= 0.3 is 0 Å².